The third-order valence-corrected chi connectivity index (χ3v) is 6.97. The molecule has 4 aromatic rings. The second kappa shape index (κ2) is 8.39. The zero-order chi connectivity index (χ0) is 24.3. The number of benzene rings is 2. The number of imidazole rings is 1. The third kappa shape index (κ3) is 3.83. The Morgan fingerprint density at radius 2 is 1.79 bits per heavy atom. The molecule has 1 saturated carbocycles. The van der Waals surface area contributed by atoms with Crippen LogP contribution in [0.4, 0.5) is 13.2 Å². The van der Waals surface area contributed by atoms with E-state index in [9.17, 15) is 13.2 Å². The summed E-state index contributed by atoms with van der Waals surface area (Å²) in [6, 6.07) is 12.6. The van der Waals surface area contributed by atoms with Gasteiger partial charge in [0.15, 0.2) is 0 Å². The van der Waals surface area contributed by atoms with Gasteiger partial charge in [0.25, 0.3) is 5.89 Å². The predicted octanol–water partition coefficient (Wildman–Crippen LogP) is 7.81. The molecule has 11 heteroatoms. The van der Waals surface area contributed by atoms with Crippen molar-refractivity contribution < 1.29 is 17.6 Å². The van der Waals surface area contributed by atoms with Crippen molar-refractivity contribution in [2.45, 2.75) is 37.8 Å². The smallest absolute Gasteiger partial charge is 0.403 e. The van der Waals surface area contributed by atoms with Crippen LogP contribution in [-0.2, 0) is 11.8 Å². The molecule has 176 valence electrons. The van der Waals surface area contributed by atoms with Crippen molar-refractivity contribution >= 4 is 39.1 Å². The summed E-state index contributed by atoms with van der Waals surface area (Å²) in [7, 11) is 0. The van der Waals surface area contributed by atoms with Crippen molar-refractivity contribution in [3.05, 3.63) is 68.6 Å². The van der Waals surface area contributed by atoms with E-state index in [1.807, 2.05) is 35.8 Å². The molecule has 5 nitrogen and oxygen atoms in total. The van der Waals surface area contributed by atoms with E-state index in [2.05, 4.69) is 26.1 Å². The van der Waals surface area contributed by atoms with Gasteiger partial charge >= 0.3 is 6.18 Å². The summed E-state index contributed by atoms with van der Waals surface area (Å²) < 4.78 is 49.1. The van der Waals surface area contributed by atoms with Gasteiger partial charge in [-0.1, -0.05) is 46.1 Å². The van der Waals surface area contributed by atoms with Crippen molar-refractivity contribution in [1.82, 2.24) is 19.7 Å². The minimum Gasteiger partial charge on any atom is -0.418 e. The Labute approximate surface area is 211 Å². The van der Waals surface area contributed by atoms with E-state index in [1.54, 1.807) is 18.2 Å². The van der Waals surface area contributed by atoms with Crippen LogP contribution < -0.4 is 0 Å². The molecule has 0 spiro atoms. The highest BCUT2D eigenvalue weighted by Crippen LogP contribution is 2.58. The fraction of sp³-hybridized carbons (Fsp3) is 0.261. The summed E-state index contributed by atoms with van der Waals surface area (Å²) in [5, 5.41) is 8.56. The van der Waals surface area contributed by atoms with Crippen LogP contribution >= 0.6 is 39.1 Å². The molecule has 0 saturated heterocycles. The van der Waals surface area contributed by atoms with Gasteiger partial charge in [-0.15, -0.1) is 10.2 Å². The Morgan fingerprint density at radius 1 is 1.09 bits per heavy atom. The lowest BCUT2D eigenvalue weighted by molar-refractivity contribution is -0.165. The molecular formula is C23H16BrCl2F3N4O. The molecule has 2 aromatic carbocycles. The fourth-order valence-electron chi connectivity index (χ4n) is 3.93. The van der Waals surface area contributed by atoms with Crippen molar-refractivity contribution in [2.24, 2.45) is 0 Å². The molecule has 1 aliphatic carbocycles. The molecule has 0 amide bonds. The molecule has 0 radical (unpaired) electrons. The molecule has 0 unspecified atom stereocenters. The normalized spacial score (nSPS) is 15.0. The first-order valence-electron chi connectivity index (χ1n) is 10.4. The molecule has 0 bridgehead atoms. The van der Waals surface area contributed by atoms with Crippen molar-refractivity contribution in [2.75, 3.05) is 0 Å². The van der Waals surface area contributed by atoms with E-state index >= 15 is 0 Å². The van der Waals surface area contributed by atoms with Gasteiger partial charge in [-0.25, -0.2) is 4.98 Å². The lowest BCUT2D eigenvalue weighted by atomic mass is 10.1. The number of hydrogen-bond acceptors (Lipinski definition) is 4. The zero-order valence-corrected chi connectivity index (χ0v) is 20.7. The summed E-state index contributed by atoms with van der Waals surface area (Å²) >= 11 is 16.0. The predicted molar refractivity (Wildman–Crippen MR) is 126 cm³/mol. The van der Waals surface area contributed by atoms with Crippen LogP contribution in [0.5, 0.6) is 0 Å². The highest BCUT2D eigenvalue weighted by atomic mass is 79.9. The van der Waals surface area contributed by atoms with Gasteiger partial charge in [-0.2, -0.15) is 13.2 Å². The molecule has 5 rings (SSSR count). The number of aromatic nitrogens is 4. The van der Waals surface area contributed by atoms with E-state index in [-0.39, 0.29) is 18.7 Å². The van der Waals surface area contributed by atoms with Gasteiger partial charge in [0, 0.05) is 20.7 Å². The lowest BCUT2D eigenvalue weighted by Crippen LogP contribution is -2.28. The first-order chi connectivity index (χ1) is 16.1. The van der Waals surface area contributed by atoms with Gasteiger partial charge in [0.1, 0.15) is 16.9 Å². The van der Waals surface area contributed by atoms with Gasteiger partial charge in [-0.3, -0.25) is 4.57 Å². The highest BCUT2D eigenvalue weighted by Gasteiger charge is 2.68. The first kappa shape index (κ1) is 23.4. The molecule has 2 aromatic heterocycles. The van der Waals surface area contributed by atoms with Gasteiger partial charge in [0.05, 0.1) is 10.7 Å². The summed E-state index contributed by atoms with van der Waals surface area (Å²) in [6.45, 7) is 1.92. The first-order valence-corrected chi connectivity index (χ1v) is 11.9. The second-order valence-corrected chi connectivity index (χ2v) is 9.77. The van der Waals surface area contributed by atoms with Crippen molar-refractivity contribution in [3.63, 3.8) is 0 Å². The molecule has 1 fully saturated rings. The summed E-state index contributed by atoms with van der Waals surface area (Å²) in [5.41, 5.74) is 0.317. The quantitative estimate of drug-likeness (QED) is 0.245. The van der Waals surface area contributed by atoms with Crippen LogP contribution in [0.1, 0.15) is 31.4 Å². The van der Waals surface area contributed by atoms with Crippen LogP contribution in [-0.4, -0.2) is 25.9 Å². The molecule has 0 aliphatic heterocycles. The second-order valence-electron chi connectivity index (χ2n) is 8.01. The molecule has 0 N–H and O–H groups in total. The van der Waals surface area contributed by atoms with E-state index in [4.69, 9.17) is 32.6 Å². The Kier molecular flexibility index (Phi) is 5.77. The Bertz CT molecular complexity index is 1380. The molecule has 34 heavy (non-hydrogen) atoms. The maximum absolute atomic E-state index is 13.6. The Morgan fingerprint density at radius 3 is 2.38 bits per heavy atom. The summed E-state index contributed by atoms with van der Waals surface area (Å²) in [6.07, 6.45) is -4.11. The van der Waals surface area contributed by atoms with Crippen molar-refractivity contribution in [3.8, 4) is 28.7 Å². The van der Waals surface area contributed by atoms with Gasteiger partial charge in [-0.05, 0) is 61.7 Å². The molecule has 1 aliphatic rings. The van der Waals surface area contributed by atoms with E-state index < -0.39 is 17.5 Å². The third-order valence-electron chi connectivity index (χ3n) is 5.89. The van der Waals surface area contributed by atoms with Gasteiger partial charge in [0.2, 0.25) is 5.89 Å². The van der Waals surface area contributed by atoms with Crippen LogP contribution in [0.25, 0.3) is 28.7 Å². The maximum Gasteiger partial charge on any atom is 0.403 e. The summed E-state index contributed by atoms with van der Waals surface area (Å²) in [5.74, 6) is -0.0153. The molecule has 0 atom stereocenters. The van der Waals surface area contributed by atoms with Crippen LogP contribution in [0.2, 0.25) is 10.0 Å². The molecule has 2 heterocycles. The van der Waals surface area contributed by atoms with E-state index in [0.29, 0.717) is 39.2 Å². The Hall–Kier alpha value is -2.36. The van der Waals surface area contributed by atoms with Crippen LogP contribution in [0.3, 0.4) is 0 Å². The largest absolute Gasteiger partial charge is 0.418 e. The maximum atomic E-state index is 13.6. The summed E-state index contributed by atoms with van der Waals surface area (Å²) in [4.78, 5) is 4.73. The topological polar surface area (TPSA) is 56.7 Å². The zero-order valence-electron chi connectivity index (χ0n) is 17.6. The van der Waals surface area contributed by atoms with Crippen molar-refractivity contribution in [1.29, 1.82) is 0 Å². The monoisotopic (exact) mass is 570 g/mol. The molecular weight excluding hydrogens is 556 g/mol. The van der Waals surface area contributed by atoms with Crippen LogP contribution in [0.15, 0.2) is 51.4 Å². The number of nitrogens with zero attached hydrogens (tertiary/aromatic N) is 4. The van der Waals surface area contributed by atoms with Crippen LogP contribution in [0, 0.1) is 0 Å². The average Bonchev–Trinajstić information content (AvgIpc) is 3.32. The standard InChI is InChI=1S/C23H16BrCl2F3N4O/c1-2-17-18(20-31-32-21(34-20)22(9-10-22)23(27,28)29)30-19(15-8-5-13(25)11-16(15)26)33(17)14-6-3-12(24)4-7-14/h3-8,11H,2,9-10H2,1H3. The minimum atomic E-state index is -4.46. The average molecular weight is 572 g/mol. The minimum absolute atomic E-state index is 0.0652. The van der Waals surface area contributed by atoms with E-state index in [0.717, 1.165) is 10.2 Å². The fourth-order valence-corrected chi connectivity index (χ4v) is 4.68. The SMILES string of the molecule is CCc1c(-c2nnc(C3(C(F)(F)F)CC3)o2)nc(-c2ccc(Cl)cc2Cl)n1-c1ccc(Br)cc1. The number of alkyl halides is 3. The highest BCUT2D eigenvalue weighted by molar-refractivity contribution is 9.10. The lowest BCUT2D eigenvalue weighted by Gasteiger charge is -2.14. The van der Waals surface area contributed by atoms with E-state index in [1.165, 1.54) is 0 Å². The van der Waals surface area contributed by atoms with Gasteiger partial charge < -0.3 is 4.42 Å². The number of rotatable bonds is 5. The number of halogens is 6. The Balaban J connectivity index is 1.71. The number of hydrogen-bond donors (Lipinski definition) is 0.